The number of benzene rings is 1. The number of nitrogens with one attached hydrogen (secondary N) is 1. The topological polar surface area (TPSA) is 81.7 Å². The Morgan fingerprint density at radius 1 is 1.03 bits per heavy atom. The van der Waals surface area contributed by atoms with Crippen LogP contribution in [0.5, 0.6) is 0 Å². The molecule has 3 aliphatic rings. The maximum Gasteiger partial charge on any atom is 0.270 e. The third-order valence-corrected chi connectivity index (χ3v) is 8.04. The SMILES string of the molecule is CC(=O)N1CCC(Cc2cc(C(=O)NC[C@@H](CN3Cc4ccccc4C3)N3CCCC3)ncn2)CC1. The van der Waals surface area contributed by atoms with E-state index in [1.54, 1.807) is 6.92 Å². The van der Waals surface area contributed by atoms with Crippen LogP contribution in [0, 0.1) is 5.92 Å². The Morgan fingerprint density at radius 3 is 2.39 bits per heavy atom. The summed E-state index contributed by atoms with van der Waals surface area (Å²) in [6.45, 7) is 8.97. The van der Waals surface area contributed by atoms with Crippen molar-refractivity contribution in [1.82, 2.24) is 30.0 Å². The second kappa shape index (κ2) is 11.5. The smallest absolute Gasteiger partial charge is 0.270 e. The molecule has 0 saturated carbocycles. The van der Waals surface area contributed by atoms with Gasteiger partial charge in [-0.15, -0.1) is 0 Å². The van der Waals surface area contributed by atoms with Gasteiger partial charge in [-0.3, -0.25) is 19.4 Å². The van der Waals surface area contributed by atoms with Crippen molar-refractivity contribution in [1.29, 1.82) is 0 Å². The predicted molar refractivity (Wildman–Crippen MR) is 138 cm³/mol. The normalized spacial score (nSPS) is 19.9. The highest BCUT2D eigenvalue weighted by Crippen LogP contribution is 2.24. The first kappa shape index (κ1) is 24.8. The van der Waals surface area contributed by atoms with Gasteiger partial charge in [0.05, 0.1) is 0 Å². The van der Waals surface area contributed by atoms with Crippen LogP contribution in [-0.4, -0.2) is 81.8 Å². The highest BCUT2D eigenvalue weighted by atomic mass is 16.2. The summed E-state index contributed by atoms with van der Waals surface area (Å²) in [4.78, 5) is 40.3. The van der Waals surface area contributed by atoms with E-state index in [0.717, 1.165) is 70.8 Å². The minimum absolute atomic E-state index is 0.126. The molecule has 0 radical (unpaired) electrons. The molecule has 8 heteroatoms. The summed E-state index contributed by atoms with van der Waals surface area (Å²) < 4.78 is 0. The fraction of sp³-hybridized carbons (Fsp3) is 0.571. The zero-order valence-corrected chi connectivity index (χ0v) is 21.4. The fourth-order valence-corrected chi connectivity index (χ4v) is 5.93. The van der Waals surface area contributed by atoms with Gasteiger partial charge in [-0.1, -0.05) is 24.3 Å². The lowest BCUT2D eigenvalue weighted by Gasteiger charge is -2.31. The molecule has 3 aliphatic heterocycles. The van der Waals surface area contributed by atoms with Gasteiger partial charge in [0, 0.05) is 57.9 Å². The van der Waals surface area contributed by atoms with Crippen LogP contribution in [0.2, 0.25) is 0 Å². The molecular formula is C28H38N6O2. The number of hydrogen-bond acceptors (Lipinski definition) is 6. The van der Waals surface area contributed by atoms with E-state index in [0.29, 0.717) is 24.2 Å². The van der Waals surface area contributed by atoms with E-state index in [2.05, 4.69) is 49.4 Å². The average molecular weight is 491 g/mol. The van der Waals surface area contributed by atoms with Crippen molar-refractivity contribution in [2.75, 3.05) is 39.3 Å². The second-order valence-electron chi connectivity index (χ2n) is 10.6. The molecule has 8 nitrogen and oxygen atoms in total. The Hall–Kier alpha value is -2.84. The molecule has 5 rings (SSSR count). The number of hydrogen-bond donors (Lipinski definition) is 1. The van der Waals surface area contributed by atoms with Gasteiger partial charge in [0.25, 0.3) is 5.91 Å². The van der Waals surface area contributed by atoms with Crippen molar-refractivity contribution >= 4 is 11.8 Å². The molecule has 2 amide bonds. The van der Waals surface area contributed by atoms with E-state index in [-0.39, 0.29) is 11.8 Å². The Morgan fingerprint density at radius 2 is 1.72 bits per heavy atom. The van der Waals surface area contributed by atoms with Gasteiger partial charge in [-0.2, -0.15) is 0 Å². The molecule has 4 heterocycles. The lowest BCUT2D eigenvalue weighted by atomic mass is 9.92. The van der Waals surface area contributed by atoms with Gasteiger partial charge >= 0.3 is 0 Å². The molecule has 2 fully saturated rings. The summed E-state index contributed by atoms with van der Waals surface area (Å²) in [5.41, 5.74) is 4.18. The highest BCUT2D eigenvalue weighted by Gasteiger charge is 2.28. The van der Waals surface area contributed by atoms with Crippen molar-refractivity contribution in [3.8, 4) is 0 Å². The number of piperidine rings is 1. The van der Waals surface area contributed by atoms with Gasteiger partial charge in [-0.05, 0) is 68.3 Å². The summed E-state index contributed by atoms with van der Waals surface area (Å²) in [7, 11) is 0. The Balaban J connectivity index is 1.16. The van der Waals surface area contributed by atoms with E-state index in [1.165, 1.54) is 30.3 Å². The standard InChI is InChI=1S/C28H38N6O2/c1-21(35)33-12-8-22(9-13-33)14-25-15-27(31-20-30-25)28(36)29-16-26(34-10-4-5-11-34)19-32-17-23-6-2-3-7-24(23)18-32/h2-3,6-7,15,20,22,26H,4-5,8-14,16-19H2,1H3,(H,29,36)/t26-/m0/s1. The zero-order valence-electron chi connectivity index (χ0n) is 21.4. The quantitative estimate of drug-likeness (QED) is 0.612. The Labute approximate surface area is 214 Å². The number of likely N-dealkylation sites (tertiary alicyclic amines) is 2. The van der Waals surface area contributed by atoms with Crippen LogP contribution in [0.3, 0.4) is 0 Å². The summed E-state index contributed by atoms with van der Waals surface area (Å²) >= 11 is 0. The zero-order chi connectivity index (χ0) is 24.9. The minimum Gasteiger partial charge on any atom is -0.349 e. The van der Waals surface area contributed by atoms with Crippen LogP contribution in [0.15, 0.2) is 36.7 Å². The number of amides is 2. The Bertz CT molecular complexity index is 1040. The Kier molecular flexibility index (Phi) is 7.92. The van der Waals surface area contributed by atoms with Gasteiger partial charge in [-0.25, -0.2) is 9.97 Å². The molecule has 1 aromatic heterocycles. The van der Waals surface area contributed by atoms with E-state index in [4.69, 9.17) is 0 Å². The number of fused-ring (bicyclic) bond motifs is 1. The van der Waals surface area contributed by atoms with Gasteiger partial charge < -0.3 is 10.2 Å². The maximum atomic E-state index is 13.1. The fourth-order valence-electron chi connectivity index (χ4n) is 5.93. The number of carbonyl (C=O) groups is 2. The molecule has 0 unspecified atom stereocenters. The first-order valence-corrected chi connectivity index (χ1v) is 13.4. The largest absolute Gasteiger partial charge is 0.349 e. The van der Waals surface area contributed by atoms with E-state index in [1.807, 2.05) is 11.0 Å². The number of rotatable bonds is 8. The summed E-state index contributed by atoms with van der Waals surface area (Å²) in [5, 5.41) is 3.18. The molecule has 1 N–H and O–H groups in total. The maximum absolute atomic E-state index is 13.1. The van der Waals surface area contributed by atoms with Crippen LogP contribution in [0.1, 0.15) is 59.9 Å². The van der Waals surface area contributed by atoms with E-state index in [9.17, 15) is 9.59 Å². The molecule has 2 aromatic rings. The van der Waals surface area contributed by atoms with Crippen LogP contribution in [-0.2, 0) is 24.3 Å². The lowest BCUT2D eigenvalue weighted by molar-refractivity contribution is -0.130. The monoisotopic (exact) mass is 490 g/mol. The highest BCUT2D eigenvalue weighted by molar-refractivity contribution is 5.92. The molecule has 36 heavy (non-hydrogen) atoms. The molecular weight excluding hydrogens is 452 g/mol. The lowest BCUT2D eigenvalue weighted by Crippen LogP contribution is -2.48. The van der Waals surface area contributed by atoms with Gasteiger partial charge in [0.1, 0.15) is 12.0 Å². The van der Waals surface area contributed by atoms with Crippen molar-refractivity contribution < 1.29 is 9.59 Å². The predicted octanol–water partition coefficient (Wildman–Crippen LogP) is 2.49. The molecule has 0 spiro atoms. The first-order chi connectivity index (χ1) is 17.5. The van der Waals surface area contributed by atoms with Crippen molar-refractivity contribution in [2.45, 2.75) is 58.2 Å². The molecule has 0 aliphatic carbocycles. The molecule has 192 valence electrons. The third-order valence-electron chi connectivity index (χ3n) is 8.04. The summed E-state index contributed by atoms with van der Waals surface area (Å²) in [6, 6.07) is 10.8. The van der Waals surface area contributed by atoms with Gasteiger partial charge in [0.15, 0.2) is 0 Å². The van der Waals surface area contributed by atoms with Crippen LogP contribution >= 0.6 is 0 Å². The van der Waals surface area contributed by atoms with Crippen molar-refractivity contribution in [3.63, 3.8) is 0 Å². The second-order valence-corrected chi connectivity index (χ2v) is 10.6. The number of nitrogens with zero attached hydrogens (tertiary/aromatic N) is 5. The van der Waals surface area contributed by atoms with Crippen molar-refractivity contribution in [3.05, 3.63) is 59.2 Å². The average Bonchev–Trinajstić information content (AvgIpc) is 3.57. The van der Waals surface area contributed by atoms with Crippen LogP contribution in [0.4, 0.5) is 0 Å². The summed E-state index contributed by atoms with van der Waals surface area (Å²) in [5.74, 6) is 0.505. The molecule has 1 aromatic carbocycles. The summed E-state index contributed by atoms with van der Waals surface area (Å²) in [6.07, 6.45) is 6.73. The first-order valence-electron chi connectivity index (χ1n) is 13.4. The number of aromatic nitrogens is 2. The van der Waals surface area contributed by atoms with E-state index >= 15 is 0 Å². The van der Waals surface area contributed by atoms with Crippen molar-refractivity contribution in [2.24, 2.45) is 5.92 Å². The van der Waals surface area contributed by atoms with Crippen LogP contribution in [0.25, 0.3) is 0 Å². The molecule has 0 bridgehead atoms. The van der Waals surface area contributed by atoms with Crippen LogP contribution < -0.4 is 5.32 Å². The minimum atomic E-state index is -0.126. The van der Waals surface area contributed by atoms with Gasteiger partial charge in [0.2, 0.25) is 5.91 Å². The molecule has 2 saturated heterocycles. The number of carbonyl (C=O) groups excluding carboxylic acids is 2. The third kappa shape index (κ3) is 6.10. The molecule has 1 atom stereocenters. The van der Waals surface area contributed by atoms with E-state index < -0.39 is 0 Å².